The summed E-state index contributed by atoms with van der Waals surface area (Å²) >= 11 is 2.97. The van der Waals surface area contributed by atoms with Crippen LogP contribution in [0.1, 0.15) is 20.7 Å². The zero-order valence-electron chi connectivity index (χ0n) is 10.4. The van der Waals surface area contributed by atoms with Crippen molar-refractivity contribution in [1.82, 2.24) is 0 Å². The third-order valence-electron chi connectivity index (χ3n) is 3.12. The number of hydrogen-bond acceptors (Lipinski definition) is 3. The molecule has 0 saturated heterocycles. The highest BCUT2D eigenvalue weighted by molar-refractivity contribution is 9.10. The molecule has 3 rings (SSSR count). The molecule has 0 aliphatic carbocycles. The van der Waals surface area contributed by atoms with E-state index in [1.807, 2.05) is 0 Å². The zero-order valence-corrected chi connectivity index (χ0v) is 11.9. The summed E-state index contributed by atoms with van der Waals surface area (Å²) in [6.07, 6.45) is 0. The maximum atomic E-state index is 14.0. The summed E-state index contributed by atoms with van der Waals surface area (Å²) < 4.78 is 27.1. The van der Waals surface area contributed by atoms with Crippen LogP contribution in [-0.2, 0) is 0 Å². The largest absolute Gasteiger partial charge is 0.399 e. The van der Waals surface area contributed by atoms with Crippen molar-refractivity contribution in [1.29, 1.82) is 0 Å². The van der Waals surface area contributed by atoms with Crippen LogP contribution in [-0.4, -0.2) is 11.8 Å². The molecule has 106 valence electrons. The van der Waals surface area contributed by atoms with E-state index < -0.39 is 23.4 Å². The number of carbonyl (C=O) groups excluding carboxylic acids is 2. The van der Waals surface area contributed by atoms with Crippen molar-refractivity contribution in [2.24, 2.45) is 0 Å². The van der Waals surface area contributed by atoms with E-state index in [4.69, 9.17) is 5.73 Å². The van der Waals surface area contributed by atoms with E-state index in [1.165, 1.54) is 18.2 Å². The molecule has 2 aromatic carbocycles. The molecule has 0 saturated carbocycles. The van der Waals surface area contributed by atoms with Gasteiger partial charge in [-0.15, -0.1) is 0 Å². The van der Waals surface area contributed by atoms with Gasteiger partial charge in [0.05, 0.1) is 11.1 Å². The molecular formula is C14H7BrF2N2O2. The summed E-state index contributed by atoms with van der Waals surface area (Å²) in [5.41, 5.74) is 5.81. The number of anilines is 2. The average Bonchev–Trinajstić information content (AvgIpc) is 2.62. The highest BCUT2D eigenvalue weighted by Crippen LogP contribution is 2.36. The van der Waals surface area contributed by atoms with E-state index in [1.54, 1.807) is 0 Å². The molecule has 0 radical (unpaired) electrons. The SMILES string of the molecule is Nc1ccc2c(c1)C(=O)N(c1c(F)cc(F)cc1Br)C2=O. The molecule has 7 heteroatoms. The molecule has 2 aromatic rings. The summed E-state index contributed by atoms with van der Waals surface area (Å²) in [7, 11) is 0. The summed E-state index contributed by atoms with van der Waals surface area (Å²) in [6.45, 7) is 0. The lowest BCUT2D eigenvalue weighted by Crippen LogP contribution is -2.30. The van der Waals surface area contributed by atoms with Crippen LogP contribution in [0, 0.1) is 11.6 Å². The van der Waals surface area contributed by atoms with Gasteiger partial charge < -0.3 is 5.73 Å². The van der Waals surface area contributed by atoms with Crippen molar-refractivity contribution in [3.63, 3.8) is 0 Å². The van der Waals surface area contributed by atoms with Gasteiger partial charge in [-0.1, -0.05) is 0 Å². The number of fused-ring (bicyclic) bond motifs is 1. The molecule has 2 N–H and O–H groups in total. The maximum absolute atomic E-state index is 14.0. The Labute approximate surface area is 126 Å². The van der Waals surface area contributed by atoms with E-state index in [0.29, 0.717) is 16.7 Å². The lowest BCUT2D eigenvalue weighted by atomic mass is 10.1. The van der Waals surface area contributed by atoms with E-state index in [2.05, 4.69) is 15.9 Å². The minimum Gasteiger partial charge on any atom is -0.399 e. The normalized spacial score (nSPS) is 13.8. The lowest BCUT2D eigenvalue weighted by Gasteiger charge is -2.16. The highest BCUT2D eigenvalue weighted by Gasteiger charge is 2.39. The number of halogens is 3. The molecule has 1 aliphatic rings. The fourth-order valence-electron chi connectivity index (χ4n) is 2.21. The minimum atomic E-state index is -1.01. The molecule has 0 atom stereocenters. The Morgan fingerprint density at radius 3 is 2.33 bits per heavy atom. The number of benzene rings is 2. The Hall–Kier alpha value is -2.28. The molecule has 4 nitrogen and oxygen atoms in total. The van der Waals surface area contributed by atoms with Crippen LogP contribution in [0.5, 0.6) is 0 Å². The topological polar surface area (TPSA) is 63.4 Å². The summed E-state index contributed by atoms with van der Waals surface area (Å²) in [4.78, 5) is 25.3. The van der Waals surface area contributed by atoms with Crippen LogP contribution in [0.25, 0.3) is 0 Å². The molecule has 0 spiro atoms. The van der Waals surface area contributed by atoms with Gasteiger partial charge in [-0.2, -0.15) is 0 Å². The second-order valence-corrected chi connectivity index (χ2v) is 5.32. The first-order chi connectivity index (χ1) is 9.90. The van der Waals surface area contributed by atoms with E-state index in [-0.39, 0.29) is 21.3 Å². The van der Waals surface area contributed by atoms with Crippen molar-refractivity contribution in [3.05, 3.63) is 57.6 Å². The number of nitrogen functional groups attached to an aromatic ring is 1. The van der Waals surface area contributed by atoms with Crippen LogP contribution in [0.3, 0.4) is 0 Å². The Balaban J connectivity index is 2.19. The van der Waals surface area contributed by atoms with Crippen LogP contribution >= 0.6 is 15.9 Å². The van der Waals surface area contributed by atoms with Crippen LogP contribution in [0.15, 0.2) is 34.8 Å². The monoisotopic (exact) mass is 352 g/mol. The summed E-state index contributed by atoms with van der Waals surface area (Å²) in [5.74, 6) is -3.21. The molecule has 1 aliphatic heterocycles. The second-order valence-electron chi connectivity index (χ2n) is 4.47. The number of amides is 2. The number of hydrogen-bond donors (Lipinski definition) is 1. The van der Waals surface area contributed by atoms with Gasteiger partial charge in [0.2, 0.25) is 0 Å². The average molecular weight is 353 g/mol. The van der Waals surface area contributed by atoms with Crippen molar-refractivity contribution in [3.8, 4) is 0 Å². The number of rotatable bonds is 1. The molecule has 1 heterocycles. The first-order valence-corrected chi connectivity index (χ1v) is 6.62. The van der Waals surface area contributed by atoms with Crippen LogP contribution in [0.4, 0.5) is 20.2 Å². The van der Waals surface area contributed by atoms with Crippen LogP contribution < -0.4 is 10.6 Å². The van der Waals surface area contributed by atoms with Crippen LogP contribution in [0.2, 0.25) is 0 Å². The smallest absolute Gasteiger partial charge is 0.266 e. The summed E-state index contributed by atoms with van der Waals surface area (Å²) in [5, 5.41) is 0. The van der Waals surface area contributed by atoms with E-state index >= 15 is 0 Å². The molecule has 0 bridgehead atoms. The van der Waals surface area contributed by atoms with Gasteiger partial charge in [0.25, 0.3) is 11.8 Å². The predicted octanol–water partition coefficient (Wildman–Crippen LogP) is 3.11. The number of nitrogens with zero attached hydrogens (tertiary/aromatic N) is 1. The second kappa shape index (κ2) is 4.63. The maximum Gasteiger partial charge on any atom is 0.266 e. The predicted molar refractivity (Wildman–Crippen MR) is 76.1 cm³/mol. The van der Waals surface area contributed by atoms with Gasteiger partial charge in [0.1, 0.15) is 11.5 Å². The van der Waals surface area contributed by atoms with Crippen molar-refractivity contribution in [2.75, 3.05) is 10.6 Å². The molecule has 2 amide bonds. The molecular weight excluding hydrogens is 346 g/mol. The summed E-state index contributed by atoms with van der Waals surface area (Å²) in [6, 6.07) is 5.82. The number of nitrogens with two attached hydrogens (primary N) is 1. The van der Waals surface area contributed by atoms with Crippen molar-refractivity contribution in [2.45, 2.75) is 0 Å². The van der Waals surface area contributed by atoms with Crippen molar-refractivity contribution < 1.29 is 18.4 Å². The fourth-order valence-corrected chi connectivity index (χ4v) is 2.80. The van der Waals surface area contributed by atoms with Gasteiger partial charge in [0.15, 0.2) is 5.82 Å². The number of imide groups is 1. The van der Waals surface area contributed by atoms with E-state index in [9.17, 15) is 18.4 Å². The quantitative estimate of drug-likeness (QED) is 0.633. The highest BCUT2D eigenvalue weighted by atomic mass is 79.9. The van der Waals surface area contributed by atoms with Gasteiger partial charge in [-0.3, -0.25) is 9.59 Å². The number of carbonyl (C=O) groups is 2. The first kappa shape index (κ1) is 13.7. The Bertz CT molecular complexity index is 785. The first-order valence-electron chi connectivity index (χ1n) is 5.83. The van der Waals surface area contributed by atoms with Gasteiger partial charge in [0, 0.05) is 16.2 Å². The Kier molecular flexibility index (Phi) is 3.02. The third kappa shape index (κ3) is 2.01. The minimum absolute atomic E-state index is 0.0255. The van der Waals surface area contributed by atoms with Gasteiger partial charge in [-0.25, -0.2) is 13.7 Å². The molecule has 0 fully saturated rings. The van der Waals surface area contributed by atoms with Crippen molar-refractivity contribution >= 4 is 39.1 Å². The molecule has 21 heavy (non-hydrogen) atoms. The van der Waals surface area contributed by atoms with Gasteiger partial charge >= 0.3 is 0 Å². The zero-order chi connectivity index (χ0) is 15.3. The fraction of sp³-hybridized carbons (Fsp3) is 0. The standard InChI is InChI=1S/C14H7BrF2N2O2/c15-10-3-6(16)4-11(17)12(10)19-13(20)8-2-1-7(18)5-9(8)14(19)21/h1-5H,18H2. The molecule has 0 unspecified atom stereocenters. The Morgan fingerprint density at radius 1 is 1.00 bits per heavy atom. The molecule has 0 aromatic heterocycles. The van der Waals surface area contributed by atoms with Gasteiger partial charge in [-0.05, 0) is 40.2 Å². The lowest BCUT2D eigenvalue weighted by molar-refractivity contribution is 0.0924. The Morgan fingerprint density at radius 2 is 1.67 bits per heavy atom. The van der Waals surface area contributed by atoms with E-state index in [0.717, 1.165) is 6.07 Å². The third-order valence-corrected chi connectivity index (χ3v) is 3.72.